The van der Waals surface area contributed by atoms with Gasteiger partial charge >= 0.3 is 0 Å². The van der Waals surface area contributed by atoms with Crippen molar-refractivity contribution in [2.75, 3.05) is 5.32 Å². The number of aromatic nitrogens is 2. The Kier molecular flexibility index (Phi) is 2.76. The van der Waals surface area contributed by atoms with Gasteiger partial charge in [-0.3, -0.25) is 9.89 Å². The molecule has 0 radical (unpaired) electrons. The number of rotatable bonds is 2. The Balaban J connectivity index is 2.02. The quantitative estimate of drug-likeness (QED) is 0.734. The lowest BCUT2D eigenvalue weighted by Gasteiger charge is -2.06. The molecule has 0 saturated heterocycles. The number of hydrogen-bond donors (Lipinski definition) is 2. The first kappa shape index (κ1) is 11.5. The average molecular weight is 251 g/mol. The Morgan fingerprint density at radius 2 is 2.00 bits per heavy atom. The molecule has 0 unspecified atom stereocenters. The molecule has 4 nitrogen and oxygen atoms in total. The maximum absolute atomic E-state index is 11.1. The van der Waals surface area contributed by atoms with Crippen LogP contribution >= 0.6 is 0 Å². The van der Waals surface area contributed by atoms with Crippen LogP contribution in [0.4, 0.5) is 5.69 Å². The molecule has 0 bridgehead atoms. The number of aromatic amines is 1. The summed E-state index contributed by atoms with van der Waals surface area (Å²) in [6, 6.07) is 13.9. The third-order valence-electron chi connectivity index (χ3n) is 2.96. The molecule has 0 aliphatic heterocycles. The smallest absolute Gasteiger partial charge is 0.221 e. The second-order valence-corrected chi connectivity index (χ2v) is 4.43. The summed E-state index contributed by atoms with van der Waals surface area (Å²) in [6.45, 7) is 1.50. The van der Waals surface area contributed by atoms with E-state index in [4.69, 9.17) is 0 Å². The Hall–Kier alpha value is -2.62. The van der Waals surface area contributed by atoms with E-state index in [1.54, 1.807) is 6.20 Å². The van der Waals surface area contributed by atoms with Crippen molar-refractivity contribution in [3.05, 3.63) is 48.7 Å². The number of fused-ring (bicyclic) bond motifs is 1. The van der Waals surface area contributed by atoms with Gasteiger partial charge in [-0.05, 0) is 35.4 Å². The second kappa shape index (κ2) is 4.57. The molecule has 3 aromatic rings. The summed E-state index contributed by atoms with van der Waals surface area (Å²) < 4.78 is 0. The molecule has 2 N–H and O–H groups in total. The Bertz CT molecular complexity index is 746. The largest absolute Gasteiger partial charge is 0.326 e. The van der Waals surface area contributed by atoms with E-state index < -0.39 is 0 Å². The lowest BCUT2D eigenvalue weighted by atomic mass is 10.0. The van der Waals surface area contributed by atoms with E-state index in [0.29, 0.717) is 0 Å². The number of carbonyl (C=O) groups excluding carboxylic acids is 1. The zero-order valence-corrected chi connectivity index (χ0v) is 10.5. The summed E-state index contributed by atoms with van der Waals surface area (Å²) in [5.41, 5.74) is 3.98. The van der Waals surface area contributed by atoms with Crippen molar-refractivity contribution < 1.29 is 4.79 Å². The average Bonchev–Trinajstić information content (AvgIpc) is 2.85. The van der Waals surface area contributed by atoms with Crippen LogP contribution in [-0.2, 0) is 4.79 Å². The molecule has 0 aliphatic carbocycles. The molecular weight excluding hydrogens is 238 g/mol. The molecule has 0 aliphatic rings. The number of anilines is 1. The lowest BCUT2D eigenvalue weighted by Crippen LogP contribution is -2.05. The topological polar surface area (TPSA) is 57.8 Å². The third kappa shape index (κ3) is 2.33. The van der Waals surface area contributed by atoms with Crippen LogP contribution in [0, 0.1) is 0 Å². The van der Waals surface area contributed by atoms with E-state index in [1.165, 1.54) is 6.92 Å². The molecular formula is C15H13N3O. The van der Waals surface area contributed by atoms with E-state index in [0.717, 1.165) is 27.7 Å². The van der Waals surface area contributed by atoms with Gasteiger partial charge in [0.05, 0.1) is 11.7 Å². The molecule has 0 atom stereocenters. The van der Waals surface area contributed by atoms with Crippen molar-refractivity contribution in [1.82, 2.24) is 10.2 Å². The van der Waals surface area contributed by atoms with Crippen molar-refractivity contribution >= 4 is 22.5 Å². The second-order valence-electron chi connectivity index (χ2n) is 4.43. The molecule has 1 aromatic heterocycles. The van der Waals surface area contributed by atoms with Crippen LogP contribution in [-0.4, -0.2) is 16.1 Å². The number of hydrogen-bond acceptors (Lipinski definition) is 2. The predicted molar refractivity (Wildman–Crippen MR) is 75.8 cm³/mol. The number of nitrogens with zero attached hydrogens (tertiary/aromatic N) is 1. The first-order chi connectivity index (χ1) is 9.22. The number of amides is 1. The van der Waals surface area contributed by atoms with Gasteiger partial charge in [0.1, 0.15) is 0 Å². The molecule has 0 saturated carbocycles. The zero-order chi connectivity index (χ0) is 13.2. The van der Waals surface area contributed by atoms with Crippen molar-refractivity contribution in [2.45, 2.75) is 6.92 Å². The molecule has 4 heteroatoms. The van der Waals surface area contributed by atoms with Crippen molar-refractivity contribution in [2.24, 2.45) is 0 Å². The fraction of sp³-hybridized carbons (Fsp3) is 0.0667. The van der Waals surface area contributed by atoms with Crippen LogP contribution in [0.1, 0.15) is 6.92 Å². The summed E-state index contributed by atoms with van der Waals surface area (Å²) in [6.07, 6.45) is 1.80. The van der Waals surface area contributed by atoms with Gasteiger partial charge in [0.25, 0.3) is 0 Å². The molecule has 0 spiro atoms. The minimum Gasteiger partial charge on any atom is -0.326 e. The maximum Gasteiger partial charge on any atom is 0.221 e. The summed E-state index contributed by atoms with van der Waals surface area (Å²) in [7, 11) is 0. The number of carbonyl (C=O) groups is 1. The molecule has 2 aromatic carbocycles. The highest BCUT2D eigenvalue weighted by molar-refractivity contribution is 5.90. The molecule has 3 rings (SSSR count). The first-order valence-corrected chi connectivity index (χ1v) is 6.03. The van der Waals surface area contributed by atoms with Gasteiger partial charge < -0.3 is 5.32 Å². The van der Waals surface area contributed by atoms with Crippen molar-refractivity contribution in [1.29, 1.82) is 0 Å². The highest BCUT2D eigenvalue weighted by Gasteiger charge is 2.02. The Morgan fingerprint density at radius 3 is 2.84 bits per heavy atom. The lowest BCUT2D eigenvalue weighted by molar-refractivity contribution is -0.114. The van der Waals surface area contributed by atoms with E-state index in [2.05, 4.69) is 21.6 Å². The van der Waals surface area contributed by atoms with Crippen LogP contribution in [0.3, 0.4) is 0 Å². The standard InChI is InChI=1S/C15H13N3O/c1-10(19)17-14-4-2-3-11(8-14)12-5-6-15-13(7-12)9-16-18-15/h2-9H,1H3,(H,16,18)(H,17,19). The highest BCUT2D eigenvalue weighted by atomic mass is 16.1. The third-order valence-corrected chi connectivity index (χ3v) is 2.96. The normalized spacial score (nSPS) is 10.6. The summed E-state index contributed by atoms with van der Waals surface area (Å²) in [5.74, 6) is -0.0672. The van der Waals surface area contributed by atoms with Crippen LogP contribution in [0.5, 0.6) is 0 Å². The van der Waals surface area contributed by atoms with Gasteiger partial charge in [-0.2, -0.15) is 5.10 Å². The van der Waals surface area contributed by atoms with E-state index >= 15 is 0 Å². The van der Waals surface area contributed by atoms with E-state index in [-0.39, 0.29) is 5.91 Å². The van der Waals surface area contributed by atoms with Crippen LogP contribution < -0.4 is 5.32 Å². The van der Waals surface area contributed by atoms with Crippen LogP contribution in [0.15, 0.2) is 48.7 Å². The maximum atomic E-state index is 11.1. The Morgan fingerprint density at radius 1 is 1.16 bits per heavy atom. The number of H-pyrrole nitrogens is 1. The monoisotopic (exact) mass is 251 g/mol. The summed E-state index contributed by atoms with van der Waals surface area (Å²) in [4.78, 5) is 11.1. The highest BCUT2D eigenvalue weighted by Crippen LogP contribution is 2.25. The van der Waals surface area contributed by atoms with Gasteiger partial charge in [0.15, 0.2) is 0 Å². The van der Waals surface area contributed by atoms with Crippen molar-refractivity contribution in [3.8, 4) is 11.1 Å². The minimum atomic E-state index is -0.0672. The number of benzene rings is 2. The molecule has 19 heavy (non-hydrogen) atoms. The number of nitrogens with one attached hydrogen (secondary N) is 2. The molecule has 1 heterocycles. The van der Waals surface area contributed by atoms with Crippen LogP contribution in [0.25, 0.3) is 22.0 Å². The fourth-order valence-corrected chi connectivity index (χ4v) is 2.10. The van der Waals surface area contributed by atoms with E-state index in [1.807, 2.05) is 36.4 Å². The van der Waals surface area contributed by atoms with Gasteiger partial charge in [-0.15, -0.1) is 0 Å². The zero-order valence-electron chi connectivity index (χ0n) is 10.5. The van der Waals surface area contributed by atoms with E-state index in [9.17, 15) is 4.79 Å². The van der Waals surface area contributed by atoms with Gasteiger partial charge in [-0.25, -0.2) is 0 Å². The minimum absolute atomic E-state index is 0.0672. The van der Waals surface area contributed by atoms with Gasteiger partial charge in [0, 0.05) is 18.0 Å². The summed E-state index contributed by atoms with van der Waals surface area (Å²) in [5, 5.41) is 10.8. The van der Waals surface area contributed by atoms with Crippen molar-refractivity contribution in [3.63, 3.8) is 0 Å². The SMILES string of the molecule is CC(=O)Nc1cccc(-c2ccc3[nH]ncc3c2)c1. The predicted octanol–water partition coefficient (Wildman–Crippen LogP) is 3.19. The first-order valence-electron chi connectivity index (χ1n) is 6.03. The van der Waals surface area contributed by atoms with Gasteiger partial charge in [-0.1, -0.05) is 18.2 Å². The fourth-order valence-electron chi connectivity index (χ4n) is 2.10. The molecule has 0 fully saturated rings. The molecule has 94 valence electrons. The van der Waals surface area contributed by atoms with Gasteiger partial charge in [0.2, 0.25) is 5.91 Å². The molecule has 1 amide bonds. The Labute approximate surface area is 110 Å². The van der Waals surface area contributed by atoms with Crippen LogP contribution in [0.2, 0.25) is 0 Å². The summed E-state index contributed by atoms with van der Waals surface area (Å²) >= 11 is 0.